The molecule has 0 aromatic carbocycles. The molecule has 2 aliphatic heterocycles. The Hall–Kier alpha value is -1.36. The first-order chi connectivity index (χ1) is 9.21. The van der Waals surface area contributed by atoms with E-state index in [-0.39, 0.29) is 17.5 Å². The lowest BCUT2D eigenvalue weighted by atomic mass is 9.81. The van der Waals surface area contributed by atoms with Crippen molar-refractivity contribution in [2.45, 2.75) is 50.6 Å². The molecule has 1 aromatic rings. The number of amides is 1. The second-order valence-electron chi connectivity index (χ2n) is 5.82. The second-order valence-corrected chi connectivity index (χ2v) is 5.82. The Labute approximate surface area is 113 Å². The summed E-state index contributed by atoms with van der Waals surface area (Å²) in [7, 11) is 0. The monoisotopic (exact) mass is 263 g/mol. The van der Waals surface area contributed by atoms with Crippen LogP contribution in [0.5, 0.6) is 0 Å². The summed E-state index contributed by atoms with van der Waals surface area (Å²) < 4.78 is 5.17. The van der Waals surface area contributed by atoms with E-state index in [1.807, 2.05) is 4.90 Å². The number of likely N-dealkylation sites (tertiary alicyclic amines) is 1. The number of fused-ring (bicyclic) bond motifs is 1. The lowest BCUT2D eigenvalue weighted by molar-refractivity contribution is 0.0352. The molecule has 2 atom stereocenters. The summed E-state index contributed by atoms with van der Waals surface area (Å²) in [4.78, 5) is 18.4. The first-order valence-corrected chi connectivity index (χ1v) is 7.15. The molecule has 3 rings (SSSR count). The third-order valence-electron chi connectivity index (χ3n) is 4.54. The second kappa shape index (κ2) is 4.96. The van der Waals surface area contributed by atoms with Crippen LogP contribution in [0.15, 0.2) is 17.0 Å². The summed E-state index contributed by atoms with van der Waals surface area (Å²) in [5, 5.41) is 3.65. The zero-order valence-electron chi connectivity index (χ0n) is 11.4. The van der Waals surface area contributed by atoms with Crippen molar-refractivity contribution >= 4 is 5.91 Å². The molecule has 19 heavy (non-hydrogen) atoms. The molecule has 1 N–H and O–H groups in total. The number of piperidine rings is 1. The van der Waals surface area contributed by atoms with Gasteiger partial charge >= 0.3 is 0 Å². The van der Waals surface area contributed by atoms with Crippen LogP contribution in [0.2, 0.25) is 0 Å². The smallest absolute Gasteiger partial charge is 0.291 e. The normalized spacial score (nSPS) is 31.6. The van der Waals surface area contributed by atoms with Gasteiger partial charge in [0.1, 0.15) is 0 Å². The maximum atomic E-state index is 12.5. The average molecular weight is 263 g/mol. The first kappa shape index (κ1) is 12.7. The van der Waals surface area contributed by atoms with E-state index in [1.54, 1.807) is 0 Å². The molecule has 2 saturated heterocycles. The molecule has 3 heterocycles. The van der Waals surface area contributed by atoms with E-state index in [0.717, 1.165) is 32.4 Å². The standard InChI is InChI=1S/C14H21N3O2/c1-14-6-4-8-17(12(14)5-2-3-7-16-14)13(18)11-9-15-10-19-11/h9-10,12,16H,2-8H2,1H3/t12-,14-/m0/s1. The van der Waals surface area contributed by atoms with E-state index in [1.165, 1.54) is 25.4 Å². The van der Waals surface area contributed by atoms with Crippen molar-refractivity contribution in [1.29, 1.82) is 0 Å². The van der Waals surface area contributed by atoms with Crippen LogP contribution in [0.4, 0.5) is 0 Å². The molecule has 0 aliphatic carbocycles. The SMILES string of the molecule is C[C@]12CCCN(C(=O)c3cnco3)[C@H]1CCCCN2. The molecule has 0 spiro atoms. The van der Waals surface area contributed by atoms with Crippen molar-refractivity contribution in [2.75, 3.05) is 13.1 Å². The van der Waals surface area contributed by atoms with Gasteiger partial charge in [0.05, 0.1) is 12.2 Å². The lowest BCUT2D eigenvalue weighted by Crippen LogP contribution is -2.62. The van der Waals surface area contributed by atoms with Gasteiger partial charge in [-0.2, -0.15) is 0 Å². The molecular formula is C14H21N3O2. The molecule has 5 nitrogen and oxygen atoms in total. The Kier molecular flexibility index (Phi) is 3.31. The van der Waals surface area contributed by atoms with E-state index in [0.29, 0.717) is 5.76 Å². The van der Waals surface area contributed by atoms with Crippen molar-refractivity contribution in [2.24, 2.45) is 0 Å². The van der Waals surface area contributed by atoms with Crippen LogP contribution in [0.25, 0.3) is 0 Å². The minimum atomic E-state index is -0.0166. The highest BCUT2D eigenvalue weighted by atomic mass is 16.3. The third kappa shape index (κ3) is 2.27. The number of aromatic nitrogens is 1. The highest BCUT2D eigenvalue weighted by Gasteiger charge is 2.43. The zero-order chi connectivity index (χ0) is 13.3. The predicted octanol–water partition coefficient (Wildman–Crippen LogP) is 1.81. The maximum absolute atomic E-state index is 12.5. The van der Waals surface area contributed by atoms with Crippen LogP contribution >= 0.6 is 0 Å². The van der Waals surface area contributed by atoms with Gasteiger partial charge in [0.25, 0.3) is 5.91 Å². The van der Waals surface area contributed by atoms with Gasteiger partial charge in [0.15, 0.2) is 6.39 Å². The zero-order valence-corrected chi connectivity index (χ0v) is 11.4. The first-order valence-electron chi connectivity index (χ1n) is 7.15. The fraction of sp³-hybridized carbons (Fsp3) is 0.714. The van der Waals surface area contributed by atoms with Crippen LogP contribution in [-0.2, 0) is 0 Å². The number of nitrogens with one attached hydrogen (secondary N) is 1. The molecule has 2 aliphatic rings. The van der Waals surface area contributed by atoms with Crippen molar-refractivity contribution in [3.05, 3.63) is 18.4 Å². The molecule has 5 heteroatoms. The molecule has 0 bridgehead atoms. The van der Waals surface area contributed by atoms with Crippen molar-refractivity contribution in [3.8, 4) is 0 Å². The maximum Gasteiger partial charge on any atom is 0.291 e. The Balaban J connectivity index is 1.86. The Bertz CT molecular complexity index is 446. The Morgan fingerprint density at radius 1 is 1.53 bits per heavy atom. The van der Waals surface area contributed by atoms with Crippen LogP contribution < -0.4 is 5.32 Å². The van der Waals surface area contributed by atoms with Crippen LogP contribution in [0.3, 0.4) is 0 Å². The van der Waals surface area contributed by atoms with E-state index in [2.05, 4.69) is 17.2 Å². The minimum Gasteiger partial charge on any atom is -0.438 e. The van der Waals surface area contributed by atoms with Gasteiger partial charge < -0.3 is 14.6 Å². The Morgan fingerprint density at radius 3 is 3.21 bits per heavy atom. The molecular weight excluding hydrogens is 242 g/mol. The van der Waals surface area contributed by atoms with E-state index in [4.69, 9.17) is 4.42 Å². The highest BCUT2D eigenvalue weighted by Crippen LogP contribution is 2.33. The fourth-order valence-electron chi connectivity index (χ4n) is 3.51. The van der Waals surface area contributed by atoms with Gasteiger partial charge in [-0.3, -0.25) is 4.79 Å². The summed E-state index contributed by atoms with van der Waals surface area (Å²) in [5.74, 6) is 0.339. The molecule has 1 amide bonds. The van der Waals surface area contributed by atoms with Gasteiger partial charge in [0, 0.05) is 12.1 Å². The summed E-state index contributed by atoms with van der Waals surface area (Å²) in [6.07, 6.45) is 8.45. The van der Waals surface area contributed by atoms with Crippen molar-refractivity contribution < 1.29 is 9.21 Å². The van der Waals surface area contributed by atoms with Gasteiger partial charge in [-0.15, -0.1) is 0 Å². The van der Waals surface area contributed by atoms with E-state index in [9.17, 15) is 4.79 Å². The number of nitrogens with zero attached hydrogens (tertiary/aromatic N) is 2. The highest BCUT2D eigenvalue weighted by molar-refractivity contribution is 5.91. The number of carbonyl (C=O) groups excluding carboxylic acids is 1. The van der Waals surface area contributed by atoms with Crippen molar-refractivity contribution in [1.82, 2.24) is 15.2 Å². The predicted molar refractivity (Wildman–Crippen MR) is 70.8 cm³/mol. The largest absolute Gasteiger partial charge is 0.438 e. The van der Waals surface area contributed by atoms with Crippen LogP contribution in [-0.4, -0.2) is 40.5 Å². The lowest BCUT2D eigenvalue weighted by Gasteiger charge is -2.47. The van der Waals surface area contributed by atoms with Crippen LogP contribution in [0, 0.1) is 0 Å². The molecule has 104 valence electrons. The summed E-state index contributed by atoms with van der Waals surface area (Å²) in [5.41, 5.74) is 0.0461. The van der Waals surface area contributed by atoms with Gasteiger partial charge in [0.2, 0.25) is 5.76 Å². The number of rotatable bonds is 1. The molecule has 1 aromatic heterocycles. The number of hydrogen-bond acceptors (Lipinski definition) is 4. The quantitative estimate of drug-likeness (QED) is 0.839. The summed E-state index contributed by atoms with van der Waals surface area (Å²) >= 11 is 0. The molecule has 0 saturated carbocycles. The number of oxazole rings is 1. The summed E-state index contributed by atoms with van der Waals surface area (Å²) in [6, 6.07) is 0.265. The summed E-state index contributed by atoms with van der Waals surface area (Å²) in [6.45, 7) is 4.13. The van der Waals surface area contributed by atoms with Crippen LogP contribution in [0.1, 0.15) is 49.6 Å². The van der Waals surface area contributed by atoms with E-state index >= 15 is 0 Å². The van der Waals surface area contributed by atoms with Gasteiger partial charge in [-0.25, -0.2) is 4.98 Å². The number of carbonyl (C=O) groups is 1. The van der Waals surface area contributed by atoms with Crippen molar-refractivity contribution in [3.63, 3.8) is 0 Å². The van der Waals surface area contributed by atoms with Gasteiger partial charge in [-0.1, -0.05) is 6.42 Å². The number of hydrogen-bond donors (Lipinski definition) is 1. The molecule has 0 radical (unpaired) electrons. The molecule has 0 unspecified atom stereocenters. The van der Waals surface area contributed by atoms with Gasteiger partial charge in [-0.05, 0) is 39.2 Å². The Morgan fingerprint density at radius 2 is 2.42 bits per heavy atom. The molecule has 2 fully saturated rings. The topological polar surface area (TPSA) is 58.4 Å². The minimum absolute atomic E-state index is 0.0166. The average Bonchev–Trinajstić information content (AvgIpc) is 2.86. The van der Waals surface area contributed by atoms with E-state index < -0.39 is 0 Å². The third-order valence-corrected chi connectivity index (χ3v) is 4.54. The fourth-order valence-corrected chi connectivity index (χ4v) is 3.51.